The second-order valence-electron chi connectivity index (χ2n) is 7.75. The molecule has 6 nitrogen and oxygen atoms in total. The van der Waals surface area contributed by atoms with E-state index in [9.17, 15) is 4.79 Å². The number of nitrogens with zero attached hydrogens (tertiary/aromatic N) is 3. The van der Waals surface area contributed by atoms with Crippen molar-refractivity contribution in [2.45, 2.75) is 40.5 Å². The number of piperidine rings is 1. The first-order valence-corrected chi connectivity index (χ1v) is 9.78. The number of aryl methyl sites for hydroxylation is 4. The van der Waals surface area contributed by atoms with Crippen molar-refractivity contribution in [3.8, 4) is 0 Å². The predicted molar refractivity (Wildman–Crippen MR) is 111 cm³/mol. The molecule has 3 aromatic rings. The van der Waals surface area contributed by atoms with E-state index in [0.29, 0.717) is 12.3 Å². The van der Waals surface area contributed by atoms with Gasteiger partial charge in [0.1, 0.15) is 17.9 Å². The molecular formula is C22H26N4O2. The van der Waals surface area contributed by atoms with Crippen LogP contribution in [-0.2, 0) is 4.79 Å². The van der Waals surface area contributed by atoms with E-state index in [0.717, 1.165) is 53.2 Å². The van der Waals surface area contributed by atoms with Gasteiger partial charge in [0.05, 0.1) is 11.3 Å². The fourth-order valence-electron chi connectivity index (χ4n) is 3.98. The summed E-state index contributed by atoms with van der Waals surface area (Å²) in [6.07, 6.45) is 3.37. The lowest BCUT2D eigenvalue weighted by molar-refractivity contribution is -0.120. The highest BCUT2D eigenvalue weighted by molar-refractivity contribution is 5.94. The average molecular weight is 378 g/mol. The van der Waals surface area contributed by atoms with Crippen LogP contribution in [0, 0.1) is 33.6 Å². The highest BCUT2D eigenvalue weighted by Crippen LogP contribution is 2.33. The fourth-order valence-corrected chi connectivity index (χ4v) is 3.98. The molecule has 1 atom stereocenters. The monoisotopic (exact) mass is 378 g/mol. The van der Waals surface area contributed by atoms with Gasteiger partial charge in [-0.2, -0.15) is 0 Å². The van der Waals surface area contributed by atoms with Crippen LogP contribution in [0.15, 0.2) is 28.9 Å². The van der Waals surface area contributed by atoms with Crippen molar-refractivity contribution < 1.29 is 9.21 Å². The lowest BCUT2D eigenvalue weighted by Crippen LogP contribution is -2.41. The van der Waals surface area contributed by atoms with Crippen LogP contribution >= 0.6 is 0 Å². The van der Waals surface area contributed by atoms with Crippen LogP contribution in [0.4, 0.5) is 11.5 Å². The van der Waals surface area contributed by atoms with Crippen molar-refractivity contribution >= 4 is 28.5 Å². The van der Waals surface area contributed by atoms with Crippen LogP contribution < -0.4 is 10.2 Å². The van der Waals surface area contributed by atoms with E-state index in [2.05, 4.69) is 33.2 Å². The minimum absolute atomic E-state index is 0.0713. The lowest BCUT2D eigenvalue weighted by atomic mass is 9.96. The van der Waals surface area contributed by atoms with Crippen molar-refractivity contribution in [3.05, 3.63) is 47.0 Å². The summed E-state index contributed by atoms with van der Waals surface area (Å²) in [4.78, 5) is 23.9. The molecule has 1 N–H and O–H groups in total. The molecule has 1 aliphatic heterocycles. The Morgan fingerprint density at radius 1 is 1.21 bits per heavy atom. The second-order valence-corrected chi connectivity index (χ2v) is 7.75. The molecule has 1 aromatic carbocycles. The van der Waals surface area contributed by atoms with Gasteiger partial charge in [-0.05, 0) is 52.2 Å². The number of rotatable bonds is 3. The molecule has 1 saturated heterocycles. The summed E-state index contributed by atoms with van der Waals surface area (Å²) in [7, 11) is 0. The molecule has 6 heteroatoms. The Bertz CT molecular complexity index is 1040. The number of anilines is 2. The van der Waals surface area contributed by atoms with Gasteiger partial charge in [0, 0.05) is 24.3 Å². The van der Waals surface area contributed by atoms with Gasteiger partial charge < -0.3 is 14.6 Å². The number of fused-ring (bicyclic) bond motifs is 1. The van der Waals surface area contributed by atoms with Crippen LogP contribution in [0.25, 0.3) is 11.1 Å². The van der Waals surface area contributed by atoms with Crippen LogP contribution in [0.5, 0.6) is 0 Å². The van der Waals surface area contributed by atoms with E-state index in [-0.39, 0.29) is 11.8 Å². The fraction of sp³-hybridized carbons (Fsp3) is 0.409. The van der Waals surface area contributed by atoms with E-state index >= 15 is 0 Å². The van der Waals surface area contributed by atoms with Crippen LogP contribution in [0.3, 0.4) is 0 Å². The van der Waals surface area contributed by atoms with Crippen molar-refractivity contribution in [1.82, 2.24) is 9.97 Å². The number of hydrogen-bond donors (Lipinski definition) is 1. The third-order valence-corrected chi connectivity index (χ3v) is 5.68. The third kappa shape index (κ3) is 3.35. The van der Waals surface area contributed by atoms with E-state index in [1.807, 2.05) is 32.9 Å². The molecule has 1 aliphatic rings. The average Bonchev–Trinajstić information content (AvgIpc) is 2.98. The third-order valence-electron chi connectivity index (χ3n) is 5.68. The van der Waals surface area contributed by atoms with Gasteiger partial charge >= 0.3 is 0 Å². The maximum atomic E-state index is 12.9. The number of carbonyl (C=O) groups is 1. The van der Waals surface area contributed by atoms with Gasteiger partial charge in [-0.3, -0.25) is 4.79 Å². The molecule has 0 saturated carbocycles. The zero-order valence-corrected chi connectivity index (χ0v) is 16.9. The SMILES string of the molecule is Cc1ccc(NC(=O)[C@H]2CCCN(c3ncnc4oc(C)c(C)c34)C2)c(C)c1. The normalized spacial score (nSPS) is 17.1. The quantitative estimate of drug-likeness (QED) is 0.735. The van der Waals surface area contributed by atoms with Gasteiger partial charge in [-0.15, -0.1) is 0 Å². The summed E-state index contributed by atoms with van der Waals surface area (Å²) in [5.41, 5.74) is 4.84. The topological polar surface area (TPSA) is 71.3 Å². The summed E-state index contributed by atoms with van der Waals surface area (Å²) < 4.78 is 5.75. The molecule has 0 radical (unpaired) electrons. The van der Waals surface area contributed by atoms with Gasteiger partial charge in [-0.1, -0.05) is 17.7 Å². The highest BCUT2D eigenvalue weighted by Gasteiger charge is 2.29. The summed E-state index contributed by atoms with van der Waals surface area (Å²) in [5.74, 6) is 1.72. The summed E-state index contributed by atoms with van der Waals surface area (Å²) in [6.45, 7) is 9.58. The number of nitrogens with one attached hydrogen (secondary N) is 1. The number of aromatic nitrogens is 2. The first-order chi connectivity index (χ1) is 13.4. The maximum absolute atomic E-state index is 12.9. The van der Waals surface area contributed by atoms with Gasteiger partial charge in [-0.25, -0.2) is 9.97 Å². The van der Waals surface area contributed by atoms with Crippen LogP contribution in [0.1, 0.15) is 35.3 Å². The Morgan fingerprint density at radius 3 is 2.82 bits per heavy atom. The molecule has 2 aromatic heterocycles. The first-order valence-electron chi connectivity index (χ1n) is 9.78. The zero-order valence-electron chi connectivity index (χ0n) is 16.9. The Balaban J connectivity index is 1.56. The van der Waals surface area contributed by atoms with Crippen LogP contribution in [0.2, 0.25) is 0 Å². The van der Waals surface area contributed by atoms with Crippen molar-refractivity contribution in [2.24, 2.45) is 5.92 Å². The largest absolute Gasteiger partial charge is 0.443 e. The molecule has 1 fully saturated rings. The number of benzene rings is 1. The molecule has 28 heavy (non-hydrogen) atoms. The molecule has 0 bridgehead atoms. The zero-order chi connectivity index (χ0) is 19.8. The molecule has 146 valence electrons. The molecule has 1 amide bonds. The molecule has 0 spiro atoms. The van der Waals surface area contributed by atoms with Gasteiger partial charge in [0.2, 0.25) is 11.6 Å². The van der Waals surface area contributed by atoms with Crippen LogP contribution in [-0.4, -0.2) is 29.0 Å². The first kappa shape index (κ1) is 18.5. The maximum Gasteiger partial charge on any atom is 0.231 e. The number of furan rings is 1. The smallest absolute Gasteiger partial charge is 0.231 e. The lowest BCUT2D eigenvalue weighted by Gasteiger charge is -2.33. The summed E-state index contributed by atoms with van der Waals surface area (Å²) in [5, 5.41) is 4.07. The molecule has 4 rings (SSSR count). The van der Waals surface area contributed by atoms with E-state index in [4.69, 9.17) is 4.42 Å². The van der Waals surface area contributed by atoms with E-state index in [1.165, 1.54) is 5.56 Å². The Hall–Kier alpha value is -2.89. The molecular weight excluding hydrogens is 352 g/mol. The summed E-state index contributed by atoms with van der Waals surface area (Å²) in [6, 6.07) is 6.09. The molecule has 0 unspecified atom stereocenters. The summed E-state index contributed by atoms with van der Waals surface area (Å²) >= 11 is 0. The second kappa shape index (κ2) is 7.26. The number of carbonyl (C=O) groups excluding carboxylic acids is 1. The van der Waals surface area contributed by atoms with Crippen molar-refractivity contribution in [2.75, 3.05) is 23.3 Å². The number of amides is 1. The minimum atomic E-state index is -0.0761. The highest BCUT2D eigenvalue weighted by atomic mass is 16.3. The minimum Gasteiger partial charge on any atom is -0.443 e. The van der Waals surface area contributed by atoms with Crippen molar-refractivity contribution in [3.63, 3.8) is 0 Å². The Labute approximate surface area is 165 Å². The Morgan fingerprint density at radius 2 is 2.04 bits per heavy atom. The standard InChI is InChI=1S/C22H26N4O2/c1-13-7-8-18(14(2)10-13)25-21(27)17-6-5-9-26(11-17)20-19-15(3)16(4)28-22(19)24-12-23-20/h7-8,10,12,17H,5-6,9,11H2,1-4H3,(H,25,27)/t17-/m0/s1. The van der Waals surface area contributed by atoms with Crippen molar-refractivity contribution in [1.29, 1.82) is 0 Å². The van der Waals surface area contributed by atoms with E-state index in [1.54, 1.807) is 6.33 Å². The number of hydrogen-bond acceptors (Lipinski definition) is 5. The molecule has 0 aliphatic carbocycles. The Kier molecular flexibility index (Phi) is 4.79. The molecule has 3 heterocycles. The van der Waals surface area contributed by atoms with Gasteiger partial charge in [0.25, 0.3) is 0 Å². The predicted octanol–water partition coefficient (Wildman–Crippen LogP) is 4.31. The van der Waals surface area contributed by atoms with Gasteiger partial charge in [0.15, 0.2) is 0 Å². The van der Waals surface area contributed by atoms with E-state index < -0.39 is 0 Å².